The van der Waals surface area contributed by atoms with Gasteiger partial charge in [0.15, 0.2) is 0 Å². The van der Waals surface area contributed by atoms with Crippen LogP contribution in [-0.4, -0.2) is 41.4 Å². The molecule has 1 aliphatic rings. The summed E-state index contributed by atoms with van der Waals surface area (Å²) >= 11 is 2.99. The van der Waals surface area contributed by atoms with Crippen LogP contribution in [0, 0.1) is 5.82 Å². The summed E-state index contributed by atoms with van der Waals surface area (Å²) in [6.07, 6.45) is 0. The molecule has 112 valence electrons. The minimum Gasteiger partial charge on any atom is -0.465 e. The van der Waals surface area contributed by atoms with Crippen molar-refractivity contribution in [2.24, 2.45) is 4.99 Å². The molecule has 0 aromatic heterocycles. The summed E-state index contributed by atoms with van der Waals surface area (Å²) in [6, 6.07) is 3.77. The molecule has 1 amide bonds. The molecule has 8 heteroatoms. The number of halogens is 1. The molecule has 0 bridgehead atoms. The van der Waals surface area contributed by atoms with Crippen LogP contribution in [0.25, 0.3) is 0 Å². The van der Waals surface area contributed by atoms with E-state index in [4.69, 9.17) is 0 Å². The third kappa shape index (κ3) is 4.47. The minimum absolute atomic E-state index is 0.210. The van der Waals surface area contributed by atoms with Crippen LogP contribution < -0.4 is 5.32 Å². The van der Waals surface area contributed by atoms with Gasteiger partial charge in [-0.15, -0.1) is 0 Å². The van der Waals surface area contributed by atoms with Crippen LogP contribution in [0.4, 0.5) is 10.1 Å². The van der Waals surface area contributed by atoms with E-state index in [0.29, 0.717) is 5.69 Å². The molecule has 21 heavy (non-hydrogen) atoms. The van der Waals surface area contributed by atoms with E-state index in [1.165, 1.54) is 31.0 Å². The normalized spacial score (nSPS) is 13.7. The van der Waals surface area contributed by atoms with Gasteiger partial charge in [0.05, 0.1) is 25.0 Å². The Balaban J connectivity index is 1.95. The number of benzene rings is 1. The summed E-state index contributed by atoms with van der Waals surface area (Å²) in [7, 11) is 1.17. The smallest absolute Gasteiger partial charge is 0.340 e. The molecule has 1 N–H and O–H groups in total. The van der Waals surface area contributed by atoms with Crippen molar-refractivity contribution in [3.05, 3.63) is 29.6 Å². The number of ether oxygens (including phenoxy) is 1. The van der Waals surface area contributed by atoms with Crippen molar-refractivity contribution in [1.29, 1.82) is 0 Å². The highest BCUT2D eigenvalue weighted by Gasteiger charge is 2.14. The first-order valence-electron chi connectivity index (χ1n) is 6.08. The molecular weight excluding hydrogens is 315 g/mol. The maximum atomic E-state index is 13.5. The summed E-state index contributed by atoms with van der Waals surface area (Å²) in [6.45, 7) is 0.787. The topological polar surface area (TPSA) is 67.8 Å². The van der Waals surface area contributed by atoms with Gasteiger partial charge in [0.2, 0.25) is 5.91 Å². The maximum Gasteiger partial charge on any atom is 0.340 e. The van der Waals surface area contributed by atoms with Crippen molar-refractivity contribution in [3.8, 4) is 0 Å². The first-order chi connectivity index (χ1) is 10.1. The van der Waals surface area contributed by atoms with E-state index in [2.05, 4.69) is 15.0 Å². The summed E-state index contributed by atoms with van der Waals surface area (Å²) in [5.41, 5.74) is 0.141. The zero-order chi connectivity index (χ0) is 15.2. The molecule has 0 radical (unpaired) electrons. The number of thioether (sulfide) groups is 2. The van der Waals surface area contributed by atoms with Crippen LogP contribution in [0.5, 0.6) is 0 Å². The Labute approximate surface area is 129 Å². The Bertz CT molecular complexity index is 593. The lowest BCUT2D eigenvalue weighted by Crippen LogP contribution is -2.15. The average molecular weight is 328 g/mol. The minimum atomic E-state index is -0.783. The monoisotopic (exact) mass is 328 g/mol. The van der Waals surface area contributed by atoms with E-state index >= 15 is 0 Å². The Morgan fingerprint density at radius 1 is 1.52 bits per heavy atom. The second kappa shape index (κ2) is 7.46. The lowest BCUT2D eigenvalue weighted by molar-refractivity contribution is -0.113. The van der Waals surface area contributed by atoms with Crippen LogP contribution in [0.1, 0.15) is 10.4 Å². The Morgan fingerprint density at radius 3 is 3.00 bits per heavy atom. The van der Waals surface area contributed by atoms with Crippen LogP contribution in [0.2, 0.25) is 0 Å². The first kappa shape index (κ1) is 15.8. The highest BCUT2D eigenvalue weighted by atomic mass is 32.2. The van der Waals surface area contributed by atoms with Crippen molar-refractivity contribution in [1.82, 2.24) is 0 Å². The number of nitrogens with one attached hydrogen (secondary N) is 1. The van der Waals surface area contributed by atoms with Gasteiger partial charge in [-0.1, -0.05) is 23.5 Å². The second-order valence-electron chi connectivity index (χ2n) is 4.02. The lowest BCUT2D eigenvalue weighted by atomic mass is 10.2. The molecule has 0 saturated heterocycles. The van der Waals surface area contributed by atoms with Crippen molar-refractivity contribution >= 4 is 45.5 Å². The quantitative estimate of drug-likeness (QED) is 0.860. The zero-order valence-corrected chi connectivity index (χ0v) is 12.9. The SMILES string of the molecule is COC(=O)c1cc(NC(=O)CSC2=NCCS2)ccc1F. The van der Waals surface area contributed by atoms with Gasteiger partial charge >= 0.3 is 5.97 Å². The third-order valence-corrected chi connectivity index (χ3v) is 4.79. The number of methoxy groups -OCH3 is 1. The van der Waals surface area contributed by atoms with Crippen LogP contribution in [-0.2, 0) is 9.53 Å². The van der Waals surface area contributed by atoms with Crippen LogP contribution >= 0.6 is 23.5 Å². The van der Waals surface area contributed by atoms with Crippen molar-refractivity contribution in [2.45, 2.75) is 0 Å². The van der Waals surface area contributed by atoms with Gasteiger partial charge in [-0.05, 0) is 18.2 Å². The molecular formula is C13H13FN2O3S2. The number of amides is 1. The fourth-order valence-electron chi connectivity index (χ4n) is 1.60. The number of aliphatic imine (C=N–C) groups is 1. The Morgan fingerprint density at radius 2 is 2.33 bits per heavy atom. The van der Waals surface area contributed by atoms with E-state index in [0.717, 1.165) is 22.7 Å². The number of esters is 1. The highest BCUT2D eigenvalue weighted by molar-refractivity contribution is 8.39. The molecule has 0 spiro atoms. The predicted molar refractivity (Wildman–Crippen MR) is 83.6 cm³/mol. The van der Waals surface area contributed by atoms with E-state index in [-0.39, 0.29) is 17.2 Å². The summed E-state index contributed by atoms with van der Waals surface area (Å²) in [4.78, 5) is 27.4. The molecule has 0 unspecified atom stereocenters. The summed E-state index contributed by atoms with van der Waals surface area (Å²) in [5, 5.41) is 2.61. The number of hydrogen-bond donors (Lipinski definition) is 1. The van der Waals surface area contributed by atoms with Gasteiger partial charge in [0, 0.05) is 11.4 Å². The molecule has 0 saturated carbocycles. The largest absolute Gasteiger partial charge is 0.465 e. The van der Waals surface area contributed by atoms with Crippen LogP contribution in [0.15, 0.2) is 23.2 Å². The van der Waals surface area contributed by atoms with Gasteiger partial charge in [-0.3, -0.25) is 9.79 Å². The molecule has 2 rings (SSSR count). The van der Waals surface area contributed by atoms with Gasteiger partial charge in [0.25, 0.3) is 0 Å². The number of nitrogens with zero attached hydrogens (tertiary/aromatic N) is 1. The molecule has 0 aliphatic carbocycles. The predicted octanol–water partition coefficient (Wildman–Crippen LogP) is 2.39. The Kier molecular flexibility index (Phi) is 5.63. The number of rotatable bonds is 4. The number of anilines is 1. The van der Waals surface area contributed by atoms with Crippen molar-refractivity contribution < 1.29 is 18.7 Å². The van der Waals surface area contributed by atoms with Crippen molar-refractivity contribution in [3.63, 3.8) is 0 Å². The van der Waals surface area contributed by atoms with Crippen LogP contribution in [0.3, 0.4) is 0 Å². The maximum absolute atomic E-state index is 13.5. The fourth-order valence-corrected chi connectivity index (χ4v) is 3.41. The van der Waals surface area contributed by atoms with E-state index in [1.807, 2.05) is 0 Å². The molecule has 1 aromatic carbocycles. The van der Waals surface area contributed by atoms with Gasteiger partial charge < -0.3 is 10.1 Å². The molecule has 1 aliphatic heterocycles. The lowest BCUT2D eigenvalue weighted by Gasteiger charge is -2.07. The van der Waals surface area contributed by atoms with Gasteiger partial charge in [-0.25, -0.2) is 9.18 Å². The standard InChI is InChI=1S/C13H13FN2O3S2/c1-19-12(18)9-6-8(2-3-10(9)14)16-11(17)7-21-13-15-4-5-20-13/h2-3,6H,4-5,7H2,1H3,(H,16,17). The van der Waals surface area contributed by atoms with Gasteiger partial charge in [-0.2, -0.15) is 0 Å². The molecule has 1 aromatic rings. The first-order valence-corrected chi connectivity index (χ1v) is 8.05. The number of carbonyl (C=O) groups excluding carboxylic acids is 2. The molecule has 1 heterocycles. The van der Waals surface area contributed by atoms with Crippen molar-refractivity contribution in [2.75, 3.05) is 30.5 Å². The second-order valence-corrected chi connectivity index (χ2v) is 6.33. The van der Waals surface area contributed by atoms with E-state index in [9.17, 15) is 14.0 Å². The number of hydrogen-bond acceptors (Lipinski definition) is 6. The zero-order valence-electron chi connectivity index (χ0n) is 11.2. The highest BCUT2D eigenvalue weighted by Crippen LogP contribution is 2.22. The average Bonchev–Trinajstić information content (AvgIpc) is 2.99. The molecule has 0 atom stereocenters. The van der Waals surface area contributed by atoms with Gasteiger partial charge in [0.1, 0.15) is 10.2 Å². The molecule has 0 fully saturated rings. The summed E-state index contributed by atoms with van der Waals surface area (Å²) < 4.78 is 18.8. The van der Waals surface area contributed by atoms with E-state index < -0.39 is 11.8 Å². The summed E-state index contributed by atoms with van der Waals surface area (Å²) in [5.74, 6) is -0.542. The van der Waals surface area contributed by atoms with E-state index in [1.54, 1.807) is 11.8 Å². The number of carbonyl (C=O) groups is 2. The Hall–Kier alpha value is -1.54. The fraction of sp³-hybridized carbons (Fsp3) is 0.308. The molecule has 5 nitrogen and oxygen atoms in total. The third-order valence-electron chi connectivity index (χ3n) is 2.54.